The van der Waals surface area contributed by atoms with E-state index in [0.29, 0.717) is 12.1 Å². The maximum absolute atomic E-state index is 12.3. The highest BCUT2D eigenvalue weighted by Gasteiger charge is 2.13. The number of hydrogen-bond donors (Lipinski definition) is 2. The van der Waals surface area contributed by atoms with Crippen molar-refractivity contribution in [1.29, 1.82) is 0 Å². The molecule has 0 radical (unpaired) electrons. The van der Waals surface area contributed by atoms with E-state index in [1.165, 1.54) is 0 Å². The van der Waals surface area contributed by atoms with Crippen molar-refractivity contribution in [2.75, 3.05) is 5.32 Å². The highest BCUT2D eigenvalue weighted by Crippen LogP contribution is 2.16. The normalized spacial score (nSPS) is 12.0. The average molecular weight is 287 g/mol. The SMILES string of the molecule is CC[C@@H](C)NC(=O)c1ccccc1NCc1nncn1C. The largest absolute Gasteiger partial charge is 0.377 e. The Morgan fingerprint density at radius 2 is 2.14 bits per heavy atom. The maximum atomic E-state index is 12.3. The molecule has 1 amide bonds. The lowest BCUT2D eigenvalue weighted by atomic mass is 10.1. The van der Waals surface area contributed by atoms with E-state index in [-0.39, 0.29) is 11.9 Å². The Labute approximate surface area is 124 Å². The number of anilines is 1. The van der Waals surface area contributed by atoms with E-state index >= 15 is 0 Å². The number of nitrogens with zero attached hydrogens (tertiary/aromatic N) is 3. The van der Waals surface area contributed by atoms with E-state index in [2.05, 4.69) is 20.8 Å². The molecule has 1 atom stereocenters. The van der Waals surface area contributed by atoms with Gasteiger partial charge >= 0.3 is 0 Å². The third-order valence-electron chi connectivity index (χ3n) is 3.40. The van der Waals surface area contributed by atoms with Crippen LogP contribution in [0.4, 0.5) is 5.69 Å². The van der Waals surface area contributed by atoms with E-state index in [9.17, 15) is 4.79 Å². The molecule has 0 aliphatic carbocycles. The molecule has 0 saturated heterocycles. The third-order valence-corrected chi connectivity index (χ3v) is 3.40. The van der Waals surface area contributed by atoms with Crippen molar-refractivity contribution in [2.24, 2.45) is 7.05 Å². The fourth-order valence-corrected chi connectivity index (χ4v) is 1.88. The van der Waals surface area contributed by atoms with E-state index in [1.807, 2.05) is 49.7 Å². The molecule has 0 unspecified atom stereocenters. The molecule has 2 N–H and O–H groups in total. The topological polar surface area (TPSA) is 71.8 Å². The number of amides is 1. The van der Waals surface area contributed by atoms with Crippen molar-refractivity contribution in [3.8, 4) is 0 Å². The maximum Gasteiger partial charge on any atom is 0.253 e. The van der Waals surface area contributed by atoms with Gasteiger partial charge in [0, 0.05) is 18.8 Å². The molecule has 0 aliphatic heterocycles. The second-order valence-electron chi connectivity index (χ2n) is 5.04. The smallest absolute Gasteiger partial charge is 0.253 e. The molecule has 6 heteroatoms. The zero-order valence-electron chi connectivity index (χ0n) is 12.6. The van der Waals surface area contributed by atoms with Crippen molar-refractivity contribution >= 4 is 11.6 Å². The number of rotatable bonds is 6. The first-order valence-electron chi connectivity index (χ1n) is 7.08. The van der Waals surface area contributed by atoms with Gasteiger partial charge in [-0.25, -0.2) is 0 Å². The van der Waals surface area contributed by atoms with Crippen molar-refractivity contribution in [3.63, 3.8) is 0 Å². The van der Waals surface area contributed by atoms with Crippen LogP contribution < -0.4 is 10.6 Å². The molecule has 0 fully saturated rings. The number of aromatic nitrogens is 3. The van der Waals surface area contributed by atoms with Crippen LogP contribution in [0, 0.1) is 0 Å². The van der Waals surface area contributed by atoms with Gasteiger partial charge in [-0.2, -0.15) is 0 Å². The molecular weight excluding hydrogens is 266 g/mol. The van der Waals surface area contributed by atoms with Crippen LogP contribution in [0.1, 0.15) is 36.5 Å². The summed E-state index contributed by atoms with van der Waals surface area (Å²) in [5.74, 6) is 0.748. The minimum absolute atomic E-state index is 0.0644. The Morgan fingerprint density at radius 3 is 2.81 bits per heavy atom. The van der Waals surface area contributed by atoms with E-state index < -0.39 is 0 Å². The summed E-state index contributed by atoms with van der Waals surface area (Å²) in [5.41, 5.74) is 1.43. The lowest BCUT2D eigenvalue weighted by molar-refractivity contribution is 0.0940. The molecule has 2 rings (SSSR count). The van der Waals surface area contributed by atoms with Gasteiger partial charge in [-0.15, -0.1) is 10.2 Å². The summed E-state index contributed by atoms with van der Waals surface area (Å²) >= 11 is 0. The molecule has 0 saturated carbocycles. The fourth-order valence-electron chi connectivity index (χ4n) is 1.88. The van der Waals surface area contributed by atoms with Crippen LogP contribution in [-0.4, -0.2) is 26.7 Å². The Balaban J connectivity index is 2.09. The summed E-state index contributed by atoms with van der Waals surface area (Å²) in [6.45, 7) is 4.56. The number of para-hydroxylation sites is 1. The van der Waals surface area contributed by atoms with Crippen LogP contribution in [0.25, 0.3) is 0 Å². The van der Waals surface area contributed by atoms with Crippen LogP contribution in [-0.2, 0) is 13.6 Å². The van der Waals surface area contributed by atoms with Crippen LogP contribution in [0.5, 0.6) is 0 Å². The van der Waals surface area contributed by atoms with Crippen LogP contribution >= 0.6 is 0 Å². The van der Waals surface area contributed by atoms with Gasteiger partial charge in [-0.05, 0) is 25.5 Å². The number of aryl methyl sites for hydroxylation is 1. The third kappa shape index (κ3) is 3.81. The molecule has 21 heavy (non-hydrogen) atoms. The lowest BCUT2D eigenvalue weighted by Gasteiger charge is -2.15. The number of hydrogen-bond acceptors (Lipinski definition) is 4. The lowest BCUT2D eigenvalue weighted by Crippen LogP contribution is -2.32. The summed E-state index contributed by atoms with van der Waals surface area (Å²) in [5, 5.41) is 14.1. The molecule has 0 bridgehead atoms. The monoisotopic (exact) mass is 287 g/mol. The van der Waals surface area contributed by atoms with E-state index in [0.717, 1.165) is 17.9 Å². The molecule has 112 valence electrons. The zero-order chi connectivity index (χ0) is 15.2. The van der Waals surface area contributed by atoms with E-state index in [1.54, 1.807) is 6.33 Å². The highest BCUT2D eigenvalue weighted by molar-refractivity contribution is 5.99. The predicted molar refractivity (Wildman–Crippen MR) is 82.0 cm³/mol. The first-order chi connectivity index (χ1) is 10.1. The predicted octanol–water partition coefficient (Wildman–Crippen LogP) is 1.96. The van der Waals surface area contributed by atoms with Gasteiger partial charge in [-0.3, -0.25) is 4.79 Å². The molecule has 0 spiro atoms. The van der Waals surface area contributed by atoms with Crippen molar-refractivity contribution in [1.82, 2.24) is 20.1 Å². The quantitative estimate of drug-likeness (QED) is 0.852. The van der Waals surface area contributed by atoms with Crippen LogP contribution in [0.3, 0.4) is 0 Å². The summed E-state index contributed by atoms with van der Waals surface area (Å²) < 4.78 is 1.84. The molecular formula is C15H21N5O. The molecule has 1 aromatic carbocycles. The summed E-state index contributed by atoms with van der Waals surface area (Å²) in [6, 6.07) is 7.63. The molecule has 1 heterocycles. The minimum atomic E-state index is -0.0644. The number of nitrogens with one attached hydrogen (secondary N) is 2. The Kier molecular flexibility index (Phi) is 4.92. The van der Waals surface area contributed by atoms with E-state index in [4.69, 9.17) is 0 Å². The minimum Gasteiger partial charge on any atom is -0.377 e. The fraction of sp³-hybridized carbons (Fsp3) is 0.400. The molecule has 6 nitrogen and oxygen atoms in total. The van der Waals surface area contributed by atoms with Gasteiger partial charge in [0.2, 0.25) is 0 Å². The second-order valence-corrected chi connectivity index (χ2v) is 5.04. The van der Waals surface area contributed by atoms with Crippen molar-refractivity contribution < 1.29 is 4.79 Å². The van der Waals surface area contributed by atoms with Crippen LogP contribution in [0.2, 0.25) is 0 Å². The molecule has 0 aliphatic rings. The summed E-state index contributed by atoms with van der Waals surface area (Å²) in [7, 11) is 1.89. The van der Waals surface area contributed by atoms with Crippen molar-refractivity contribution in [2.45, 2.75) is 32.9 Å². The van der Waals surface area contributed by atoms with Crippen LogP contribution in [0.15, 0.2) is 30.6 Å². The summed E-state index contributed by atoms with van der Waals surface area (Å²) in [6.07, 6.45) is 2.55. The van der Waals surface area contributed by atoms with Gasteiger partial charge in [0.1, 0.15) is 6.33 Å². The highest BCUT2D eigenvalue weighted by atomic mass is 16.1. The van der Waals surface area contributed by atoms with Gasteiger partial charge in [0.25, 0.3) is 5.91 Å². The second kappa shape index (κ2) is 6.88. The Bertz CT molecular complexity index is 608. The first kappa shape index (κ1) is 15.0. The van der Waals surface area contributed by atoms with Gasteiger partial charge in [0.15, 0.2) is 5.82 Å². The first-order valence-corrected chi connectivity index (χ1v) is 7.08. The Hall–Kier alpha value is -2.37. The number of benzene rings is 1. The Morgan fingerprint density at radius 1 is 1.38 bits per heavy atom. The summed E-state index contributed by atoms with van der Waals surface area (Å²) in [4.78, 5) is 12.3. The van der Waals surface area contributed by atoms with Crippen molar-refractivity contribution in [3.05, 3.63) is 42.0 Å². The molecule has 2 aromatic rings. The van der Waals surface area contributed by atoms with Gasteiger partial charge < -0.3 is 15.2 Å². The number of carbonyl (C=O) groups excluding carboxylic acids is 1. The number of carbonyl (C=O) groups is 1. The zero-order valence-corrected chi connectivity index (χ0v) is 12.6. The molecule has 1 aromatic heterocycles. The van der Waals surface area contributed by atoms with Gasteiger partial charge in [0.05, 0.1) is 12.1 Å². The average Bonchev–Trinajstić information content (AvgIpc) is 2.90. The van der Waals surface area contributed by atoms with Gasteiger partial charge in [-0.1, -0.05) is 19.1 Å². The standard InChI is InChI=1S/C15H21N5O/c1-4-11(2)18-15(21)12-7-5-6-8-13(12)16-9-14-19-17-10-20(14)3/h5-8,10-11,16H,4,9H2,1-3H3,(H,18,21)/t11-/m1/s1.